The smallest absolute Gasteiger partial charge is 0.335 e. The summed E-state index contributed by atoms with van der Waals surface area (Å²) in [5.74, 6) is -2.61. The number of carboxylic acids is 1. The summed E-state index contributed by atoms with van der Waals surface area (Å²) in [7, 11) is 0. The maximum atomic E-state index is 13.8. The largest absolute Gasteiger partial charge is 0.478 e. The normalized spacial score (nSPS) is 12.2. The lowest BCUT2D eigenvalue weighted by molar-refractivity contribution is 0.0696. The van der Waals surface area contributed by atoms with Crippen LogP contribution in [0.4, 0.5) is 8.78 Å². The molecule has 0 amide bonds. The van der Waals surface area contributed by atoms with Gasteiger partial charge in [0, 0.05) is 11.6 Å². The molecule has 2 aromatic rings. The van der Waals surface area contributed by atoms with Crippen LogP contribution in [-0.4, -0.2) is 22.3 Å². The molecule has 0 fully saturated rings. The summed E-state index contributed by atoms with van der Waals surface area (Å²) in [5, 5.41) is 18.5. The Morgan fingerprint density at radius 2 is 1.90 bits per heavy atom. The van der Waals surface area contributed by atoms with Crippen LogP contribution >= 0.6 is 0 Å². The zero-order valence-corrected chi connectivity index (χ0v) is 11.3. The maximum Gasteiger partial charge on any atom is 0.335 e. The fourth-order valence-corrected chi connectivity index (χ4v) is 2.15. The van der Waals surface area contributed by atoms with Crippen LogP contribution in [0.25, 0.3) is 11.1 Å². The number of hydrogen-bond acceptors (Lipinski definition) is 2. The van der Waals surface area contributed by atoms with E-state index >= 15 is 0 Å². The lowest BCUT2D eigenvalue weighted by atomic mass is 9.97. The number of aliphatic hydroxyl groups is 1. The molecule has 0 spiro atoms. The first-order chi connectivity index (χ1) is 9.86. The molecular weight excluding hydrogens is 278 g/mol. The molecule has 0 aromatic heterocycles. The van der Waals surface area contributed by atoms with Crippen molar-refractivity contribution in [3.63, 3.8) is 0 Å². The molecule has 0 radical (unpaired) electrons. The Kier molecular flexibility index (Phi) is 4.33. The van der Waals surface area contributed by atoms with Crippen LogP contribution in [0.15, 0.2) is 36.4 Å². The number of rotatable bonds is 4. The van der Waals surface area contributed by atoms with Gasteiger partial charge in [-0.15, -0.1) is 0 Å². The Labute approximate surface area is 120 Å². The van der Waals surface area contributed by atoms with E-state index in [4.69, 9.17) is 5.11 Å². The fourth-order valence-electron chi connectivity index (χ4n) is 2.15. The highest BCUT2D eigenvalue weighted by Gasteiger charge is 2.13. The van der Waals surface area contributed by atoms with Gasteiger partial charge in [-0.25, -0.2) is 13.6 Å². The van der Waals surface area contributed by atoms with Crippen molar-refractivity contribution >= 4 is 5.97 Å². The van der Waals surface area contributed by atoms with Crippen molar-refractivity contribution in [2.75, 3.05) is 0 Å². The van der Waals surface area contributed by atoms with Crippen molar-refractivity contribution in [3.05, 3.63) is 59.2 Å². The second kappa shape index (κ2) is 6.01. The van der Waals surface area contributed by atoms with Crippen LogP contribution in [-0.2, 0) is 6.42 Å². The second-order valence-electron chi connectivity index (χ2n) is 4.90. The molecule has 0 aliphatic rings. The predicted molar refractivity (Wildman–Crippen MR) is 74.1 cm³/mol. The zero-order chi connectivity index (χ0) is 15.6. The molecule has 0 aliphatic heterocycles. The number of hydrogen-bond donors (Lipinski definition) is 2. The van der Waals surface area contributed by atoms with Crippen LogP contribution in [0.5, 0.6) is 0 Å². The van der Waals surface area contributed by atoms with Crippen LogP contribution in [0, 0.1) is 11.6 Å². The molecule has 2 N–H and O–H groups in total. The first-order valence-electron chi connectivity index (χ1n) is 6.37. The lowest BCUT2D eigenvalue weighted by Gasteiger charge is -2.10. The summed E-state index contributed by atoms with van der Waals surface area (Å²) in [4.78, 5) is 11.1. The number of aliphatic hydroxyl groups excluding tert-OH is 1. The third-order valence-electron chi connectivity index (χ3n) is 3.01. The number of aromatic carboxylic acids is 1. The molecule has 0 saturated heterocycles. The van der Waals surface area contributed by atoms with Gasteiger partial charge in [0.1, 0.15) is 11.6 Å². The SMILES string of the molecule is CC(O)Cc1cc(C(=O)O)cc(-c2ccc(F)cc2F)c1. The quantitative estimate of drug-likeness (QED) is 0.909. The Morgan fingerprint density at radius 1 is 1.19 bits per heavy atom. The van der Waals surface area contributed by atoms with Crippen LogP contribution < -0.4 is 0 Å². The summed E-state index contributed by atoms with van der Waals surface area (Å²) in [6.45, 7) is 1.57. The predicted octanol–water partition coefficient (Wildman–Crippen LogP) is 3.25. The molecule has 110 valence electrons. The van der Waals surface area contributed by atoms with E-state index in [1.54, 1.807) is 13.0 Å². The lowest BCUT2D eigenvalue weighted by Crippen LogP contribution is -2.06. The van der Waals surface area contributed by atoms with Crippen molar-refractivity contribution in [2.45, 2.75) is 19.4 Å². The number of halogens is 2. The highest BCUT2D eigenvalue weighted by molar-refractivity contribution is 5.89. The molecule has 1 atom stereocenters. The van der Waals surface area contributed by atoms with E-state index in [2.05, 4.69) is 0 Å². The third-order valence-corrected chi connectivity index (χ3v) is 3.01. The van der Waals surface area contributed by atoms with Crippen LogP contribution in [0.2, 0.25) is 0 Å². The standard InChI is InChI=1S/C16H14F2O3/c1-9(19)4-10-5-11(7-12(6-10)16(20)21)14-3-2-13(17)8-15(14)18/h2-3,5-9,19H,4H2,1H3,(H,20,21). The molecule has 0 bridgehead atoms. The summed E-state index contributed by atoms with van der Waals surface area (Å²) >= 11 is 0. The summed E-state index contributed by atoms with van der Waals surface area (Å²) in [5.41, 5.74) is 1.02. The molecule has 0 heterocycles. The van der Waals surface area contributed by atoms with Gasteiger partial charge in [-0.1, -0.05) is 6.07 Å². The third kappa shape index (κ3) is 3.64. The van der Waals surface area contributed by atoms with E-state index in [-0.39, 0.29) is 17.5 Å². The van der Waals surface area contributed by atoms with Crippen molar-refractivity contribution in [2.24, 2.45) is 0 Å². The Balaban J connectivity index is 2.56. The van der Waals surface area contributed by atoms with E-state index in [0.29, 0.717) is 11.1 Å². The number of carbonyl (C=O) groups is 1. The van der Waals surface area contributed by atoms with Gasteiger partial charge in [0.2, 0.25) is 0 Å². The van der Waals surface area contributed by atoms with Crippen molar-refractivity contribution in [1.82, 2.24) is 0 Å². The molecule has 21 heavy (non-hydrogen) atoms. The Morgan fingerprint density at radius 3 is 2.48 bits per heavy atom. The number of carboxylic acid groups (broad SMARTS) is 1. The van der Waals surface area contributed by atoms with Gasteiger partial charge < -0.3 is 10.2 Å². The van der Waals surface area contributed by atoms with Gasteiger partial charge in [-0.3, -0.25) is 0 Å². The first-order valence-corrected chi connectivity index (χ1v) is 6.37. The minimum atomic E-state index is -1.15. The monoisotopic (exact) mass is 292 g/mol. The minimum Gasteiger partial charge on any atom is -0.478 e. The highest BCUT2D eigenvalue weighted by Crippen LogP contribution is 2.26. The van der Waals surface area contributed by atoms with Gasteiger partial charge in [-0.2, -0.15) is 0 Å². The molecule has 2 aromatic carbocycles. The van der Waals surface area contributed by atoms with E-state index in [1.165, 1.54) is 18.2 Å². The van der Waals surface area contributed by atoms with Gasteiger partial charge in [0.15, 0.2) is 0 Å². The highest BCUT2D eigenvalue weighted by atomic mass is 19.1. The van der Waals surface area contributed by atoms with E-state index < -0.39 is 23.7 Å². The zero-order valence-electron chi connectivity index (χ0n) is 11.3. The molecule has 2 rings (SSSR count). The van der Waals surface area contributed by atoms with E-state index in [1.807, 2.05) is 0 Å². The minimum absolute atomic E-state index is 0.00752. The molecule has 1 unspecified atom stereocenters. The Bertz CT molecular complexity index is 681. The molecular formula is C16H14F2O3. The average Bonchev–Trinajstić information content (AvgIpc) is 2.37. The van der Waals surface area contributed by atoms with Gasteiger partial charge in [-0.05, 0) is 48.7 Å². The fraction of sp³-hybridized carbons (Fsp3) is 0.188. The Hall–Kier alpha value is -2.27. The maximum absolute atomic E-state index is 13.8. The molecule has 5 heteroatoms. The molecule has 3 nitrogen and oxygen atoms in total. The van der Waals surface area contributed by atoms with E-state index in [9.17, 15) is 18.7 Å². The topological polar surface area (TPSA) is 57.5 Å². The van der Waals surface area contributed by atoms with Gasteiger partial charge >= 0.3 is 5.97 Å². The summed E-state index contributed by atoms with van der Waals surface area (Å²) in [6.07, 6.45) is -0.406. The van der Waals surface area contributed by atoms with Crippen LogP contribution in [0.3, 0.4) is 0 Å². The summed E-state index contributed by atoms with van der Waals surface area (Å²) in [6, 6.07) is 7.47. The van der Waals surface area contributed by atoms with Crippen molar-refractivity contribution < 1.29 is 23.8 Å². The van der Waals surface area contributed by atoms with E-state index in [0.717, 1.165) is 12.1 Å². The first kappa shape index (κ1) is 15.1. The van der Waals surface area contributed by atoms with Crippen LogP contribution in [0.1, 0.15) is 22.8 Å². The number of benzene rings is 2. The van der Waals surface area contributed by atoms with Gasteiger partial charge in [0.25, 0.3) is 0 Å². The molecule has 0 aliphatic carbocycles. The van der Waals surface area contributed by atoms with Crippen molar-refractivity contribution in [1.29, 1.82) is 0 Å². The second-order valence-corrected chi connectivity index (χ2v) is 4.90. The average molecular weight is 292 g/mol. The van der Waals surface area contributed by atoms with Crippen molar-refractivity contribution in [3.8, 4) is 11.1 Å². The summed E-state index contributed by atoms with van der Waals surface area (Å²) < 4.78 is 26.8. The van der Waals surface area contributed by atoms with Gasteiger partial charge in [0.05, 0.1) is 11.7 Å². The molecule has 0 saturated carbocycles.